The van der Waals surface area contributed by atoms with Crippen molar-refractivity contribution in [2.24, 2.45) is 0 Å². The Morgan fingerprint density at radius 1 is 1.39 bits per heavy atom. The average molecular weight is 251 g/mol. The van der Waals surface area contributed by atoms with Gasteiger partial charge in [-0.1, -0.05) is 6.07 Å². The molecule has 18 heavy (non-hydrogen) atoms. The quantitative estimate of drug-likeness (QED) is 0.804. The first-order valence-corrected chi connectivity index (χ1v) is 6.46. The third-order valence-corrected chi connectivity index (χ3v) is 3.00. The number of rotatable bonds is 7. The predicted molar refractivity (Wildman–Crippen MR) is 76.1 cm³/mol. The number of nitrogens with one attached hydrogen (secondary N) is 1. The molecule has 0 amide bonds. The lowest BCUT2D eigenvalue weighted by atomic mass is 10.2. The number of hydrogen-bond acceptors (Lipinski definition) is 4. The van der Waals surface area contributed by atoms with Gasteiger partial charge >= 0.3 is 0 Å². The fourth-order valence-electron chi connectivity index (χ4n) is 1.94. The standard InChI is InChI=1S/C14H25N3O/c1-11(2)17(8-9-18-5)14-7-6-13(10-15-4)12(3)16-14/h6-7,11,15H,8-10H2,1-5H3. The molecule has 0 saturated carbocycles. The Morgan fingerprint density at radius 2 is 2.11 bits per heavy atom. The highest BCUT2D eigenvalue weighted by Gasteiger charge is 2.12. The lowest BCUT2D eigenvalue weighted by molar-refractivity contribution is 0.203. The second kappa shape index (κ2) is 7.34. The largest absolute Gasteiger partial charge is 0.383 e. The highest BCUT2D eigenvalue weighted by molar-refractivity contribution is 5.42. The van der Waals surface area contributed by atoms with E-state index in [2.05, 4.69) is 43.1 Å². The molecule has 0 atom stereocenters. The molecule has 1 aromatic heterocycles. The van der Waals surface area contributed by atoms with Crippen LogP contribution in [-0.4, -0.2) is 38.3 Å². The SMILES string of the molecule is CNCc1ccc(N(CCOC)C(C)C)nc1C. The maximum atomic E-state index is 5.16. The Hall–Kier alpha value is -1.13. The molecular weight excluding hydrogens is 226 g/mol. The molecule has 0 unspecified atom stereocenters. The van der Waals surface area contributed by atoms with Crippen molar-refractivity contribution in [3.8, 4) is 0 Å². The van der Waals surface area contributed by atoms with Crippen molar-refractivity contribution in [3.05, 3.63) is 23.4 Å². The van der Waals surface area contributed by atoms with Crippen LogP contribution in [0.2, 0.25) is 0 Å². The molecule has 1 heterocycles. The van der Waals surface area contributed by atoms with E-state index in [1.54, 1.807) is 7.11 Å². The van der Waals surface area contributed by atoms with E-state index in [0.717, 1.165) is 31.2 Å². The van der Waals surface area contributed by atoms with Crippen molar-refractivity contribution in [2.75, 3.05) is 32.2 Å². The van der Waals surface area contributed by atoms with E-state index in [1.165, 1.54) is 5.56 Å². The molecule has 0 radical (unpaired) electrons. The van der Waals surface area contributed by atoms with Crippen LogP contribution >= 0.6 is 0 Å². The first-order chi connectivity index (χ1) is 8.60. The molecule has 4 heteroatoms. The van der Waals surface area contributed by atoms with Gasteiger partial charge in [-0.05, 0) is 39.4 Å². The van der Waals surface area contributed by atoms with Crippen molar-refractivity contribution < 1.29 is 4.74 Å². The smallest absolute Gasteiger partial charge is 0.129 e. The monoisotopic (exact) mass is 251 g/mol. The van der Waals surface area contributed by atoms with Gasteiger partial charge in [-0.3, -0.25) is 0 Å². The van der Waals surface area contributed by atoms with Crippen LogP contribution in [0.4, 0.5) is 5.82 Å². The van der Waals surface area contributed by atoms with E-state index in [-0.39, 0.29) is 0 Å². The van der Waals surface area contributed by atoms with E-state index in [9.17, 15) is 0 Å². The lowest BCUT2D eigenvalue weighted by Gasteiger charge is -2.28. The molecule has 0 aliphatic carbocycles. The second-order valence-corrected chi connectivity index (χ2v) is 4.72. The Morgan fingerprint density at radius 3 is 2.61 bits per heavy atom. The number of nitrogens with zero attached hydrogens (tertiary/aromatic N) is 2. The molecule has 1 N–H and O–H groups in total. The number of hydrogen-bond donors (Lipinski definition) is 1. The van der Waals surface area contributed by atoms with Crippen LogP contribution in [0.3, 0.4) is 0 Å². The fourth-order valence-corrected chi connectivity index (χ4v) is 1.94. The van der Waals surface area contributed by atoms with Gasteiger partial charge in [0.15, 0.2) is 0 Å². The van der Waals surface area contributed by atoms with E-state index in [0.29, 0.717) is 6.04 Å². The van der Waals surface area contributed by atoms with Crippen LogP contribution in [0.1, 0.15) is 25.1 Å². The number of methoxy groups -OCH3 is 1. The molecule has 0 saturated heterocycles. The Balaban J connectivity index is 2.88. The predicted octanol–water partition coefficient (Wildman–Crippen LogP) is 1.97. The van der Waals surface area contributed by atoms with Gasteiger partial charge in [-0.25, -0.2) is 4.98 Å². The van der Waals surface area contributed by atoms with Crippen molar-refractivity contribution in [3.63, 3.8) is 0 Å². The van der Waals surface area contributed by atoms with Gasteiger partial charge in [0.2, 0.25) is 0 Å². The summed E-state index contributed by atoms with van der Waals surface area (Å²) in [4.78, 5) is 6.96. The van der Waals surface area contributed by atoms with Crippen molar-refractivity contribution >= 4 is 5.82 Å². The maximum Gasteiger partial charge on any atom is 0.129 e. The first-order valence-electron chi connectivity index (χ1n) is 6.46. The fraction of sp³-hybridized carbons (Fsp3) is 0.643. The van der Waals surface area contributed by atoms with E-state index in [4.69, 9.17) is 9.72 Å². The number of aromatic nitrogens is 1. The minimum absolute atomic E-state index is 0.419. The van der Waals surface area contributed by atoms with Crippen LogP contribution in [0.15, 0.2) is 12.1 Å². The van der Waals surface area contributed by atoms with Crippen LogP contribution < -0.4 is 10.2 Å². The van der Waals surface area contributed by atoms with Gasteiger partial charge in [-0.15, -0.1) is 0 Å². The van der Waals surface area contributed by atoms with Gasteiger partial charge < -0.3 is 15.0 Å². The Bertz CT molecular complexity index is 366. The van der Waals surface area contributed by atoms with Crippen LogP contribution in [0.5, 0.6) is 0 Å². The summed E-state index contributed by atoms with van der Waals surface area (Å²) in [6.07, 6.45) is 0. The molecular formula is C14H25N3O. The van der Waals surface area contributed by atoms with Crippen LogP contribution in [-0.2, 0) is 11.3 Å². The summed E-state index contributed by atoms with van der Waals surface area (Å²) >= 11 is 0. The minimum atomic E-state index is 0.419. The normalized spacial score (nSPS) is 11.0. The van der Waals surface area contributed by atoms with Crippen LogP contribution in [0, 0.1) is 6.92 Å². The molecule has 0 spiro atoms. The van der Waals surface area contributed by atoms with Gasteiger partial charge in [0.25, 0.3) is 0 Å². The molecule has 0 aliphatic rings. The summed E-state index contributed by atoms with van der Waals surface area (Å²) in [5.41, 5.74) is 2.33. The summed E-state index contributed by atoms with van der Waals surface area (Å²) < 4.78 is 5.16. The summed E-state index contributed by atoms with van der Waals surface area (Å²) in [6.45, 7) is 8.86. The summed E-state index contributed by atoms with van der Waals surface area (Å²) in [7, 11) is 3.68. The third-order valence-electron chi connectivity index (χ3n) is 3.00. The zero-order chi connectivity index (χ0) is 13.5. The molecule has 0 aromatic carbocycles. The van der Waals surface area contributed by atoms with Crippen molar-refractivity contribution in [1.29, 1.82) is 0 Å². The molecule has 1 rings (SSSR count). The maximum absolute atomic E-state index is 5.16. The van der Waals surface area contributed by atoms with Gasteiger partial charge in [0, 0.05) is 31.9 Å². The summed E-state index contributed by atoms with van der Waals surface area (Å²) in [6, 6.07) is 4.66. The molecule has 4 nitrogen and oxygen atoms in total. The Labute approximate surface area is 110 Å². The van der Waals surface area contributed by atoms with Crippen LogP contribution in [0.25, 0.3) is 0 Å². The number of ether oxygens (including phenoxy) is 1. The molecule has 1 aromatic rings. The number of aryl methyl sites for hydroxylation is 1. The van der Waals surface area contributed by atoms with E-state index >= 15 is 0 Å². The summed E-state index contributed by atoms with van der Waals surface area (Å²) in [5, 5.41) is 3.16. The molecule has 0 aliphatic heterocycles. The van der Waals surface area contributed by atoms with Crippen molar-refractivity contribution in [1.82, 2.24) is 10.3 Å². The highest BCUT2D eigenvalue weighted by Crippen LogP contribution is 2.17. The van der Waals surface area contributed by atoms with Gasteiger partial charge in [0.1, 0.15) is 5.82 Å². The first kappa shape index (κ1) is 14.9. The highest BCUT2D eigenvalue weighted by atomic mass is 16.5. The lowest BCUT2D eigenvalue weighted by Crippen LogP contribution is -2.34. The topological polar surface area (TPSA) is 37.4 Å². The summed E-state index contributed by atoms with van der Waals surface area (Å²) in [5.74, 6) is 1.03. The average Bonchev–Trinajstić information content (AvgIpc) is 2.32. The van der Waals surface area contributed by atoms with E-state index < -0.39 is 0 Å². The zero-order valence-corrected chi connectivity index (χ0v) is 12.2. The Kier molecular flexibility index (Phi) is 6.09. The van der Waals surface area contributed by atoms with Crippen molar-refractivity contribution in [2.45, 2.75) is 33.4 Å². The van der Waals surface area contributed by atoms with Gasteiger partial charge in [0.05, 0.1) is 6.61 Å². The molecule has 0 bridgehead atoms. The zero-order valence-electron chi connectivity index (χ0n) is 12.2. The second-order valence-electron chi connectivity index (χ2n) is 4.72. The van der Waals surface area contributed by atoms with Gasteiger partial charge in [-0.2, -0.15) is 0 Å². The molecule has 0 fully saturated rings. The van der Waals surface area contributed by atoms with E-state index in [1.807, 2.05) is 7.05 Å². The minimum Gasteiger partial charge on any atom is -0.383 e. The number of anilines is 1. The molecule has 102 valence electrons. The number of pyridine rings is 1. The third kappa shape index (κ3) is 3.96.